The van der Waals surface area contributed by atoms with Crippen molar-refractivity contribution in [2.24, 2.45) is 0 Å². The van der Waals surface area contributed by atoms with Gasteiger partial charge >= 0.3 is 0 Å². The Hall–Kier alpha value is -2.82. The fourth-order valence-corrected chi connectivity index (χ4v) is 3.55. The van der Waals surface area contributed by atoms with Gasteiger partial charge < -0.3 is 15.0 Å². The number of amides is 2. The van der Waals surface area contributed by atoms with Crippen molar-refractivity contribution >= 4 is 17.5 Å². The fraction of sp³-hybridized carbons (Fsp3) is 0.391. The van der Waals surface area contributed by atoms with Crippen molar-refractivity contribution in [2.75, 3.05) is 25.0 Å². The standard InChI is InChI=1S/C23H28N2O3/c1-17-9-7-10-18(2)22(17)28-16-21(26)24-20-12-8-11-19(15-20)23(27)25-13-5-3-4-6-14-25/h7-12,15H,3-6,13-14,16H2,1-2H3,(H,24,26). The molecule has 5 heteroatoms. The number of carbonyl (C=O) groups is 2. The van der Waals surface area contributed by atoms with Crippen LogP contribution in [0.5, 0.6) is 5.75 Å². The van der Waals surface area contributed by atoms with Crippen LogP contribution >= 0.6 is 0 Å². The number of para-hydroxylation sites is 1. The van der Waals surface area contributed by atoms with Crippen LogP contribution < -0.4 is 10.1 Å². The Labute approximate surface area is 166 Å². The number of hydrogen-bond donors (Lipinski definition) is 1. The Bertz CT molecular complexity index is 819. The average Bonchev–Trinajstić information content (AvgIpc) is 2.97. The SMILES string of the molecule is Cc1cccc(C)c1OCC(=O)Nc1cccc(C(=O)N2CCCCCC2)c1. The van der Waals surface area contributed by atoms with Crippen molar-refractivity contribution in [1.29, 1.82) is 0 Å². The highest BCUT2D eigenvalue weighted by molar-refractivity contribution is 5.97. The van der Waals surface area contributed by atoms with Crippen LogP contribution in [0.4, 0.5) is 5.69 Å². The van der Waals surface area contributed by atoms with Crippen molar-refractivity contribution in [1.82, 2.24) is 4.90 Å². The summed E-state index contributed by atoms with van der Waals surface area (Å²) in [4.78, 5) is 27.0. The second-order valence-corrected chi connectivity index (χ2v) is 7.35. The maximum atomic E-state index is 12.8. The van der Waals surface area contributed by atoms with Crippen molar-refractivity contribution in [2.45, 2.75) is 39.5 Å². The van der Waals surface area contributed by atoms with Gasteiger partial charge in [-0.25, -0.2) is 0 Å². The minimum Gasteiger partial charge on any atom is -0.483 e. The maximum Gasteiger partial charge on any atom is 0.262 e. The summed E-state index contributed by atoms with van der Waals surface area (Å²) in [5.74, 6) is 0.523. The van der Waals surface area contributed by atoms with Gasteiger partial charge in [-0.15, -0.1) is 0 Å². The number of likely N-dealkylation sites (tertiary alicyclic amines) is 1. The molecule has 3 rings (SSSR count). The number of ether oxygens (including phenoxy) is 1. The van der Waals surface area contributed by atoms with Crippen molar-refractivity contribution in [3.05, 3.63) is 59.2 Å². The number of hydrogen-bond acceptors (Lipinski definition) is 3. The van der Waals surface area contributed by atoms with E-state index in [2.05, 4.69) is 5.32 Å². The van der Waals surface area contributed by atoms with Crippen LogP contribution in [0.25, 0.3) is 0 Å². The summed E-state index contributed by atoms with van der Waals surface area (Å²) >= 11 is 0. The van der Waals surface area contributed by atoms with Crippen LogP contribution in [0.2, 0.25) is 0 Å². The fourth-order valence-electron chi connectivity index (χ4n) is 3.55. The van der Waals surface area contributed by atoms with E-state index >= 15 is 0 Å². The molecule has 148 valence electrons. The van der Waals surface area contributed by atoms with E-state index in [-0.39, 0.29) is 18.4 Å². The molecule has 0 unspecified atom stereocenters. The molecule has 0 radical (unpaired) electrons. The molecule has 0 spiro atoms. The first-order valence-corrected chi connectivity index (χ1v) is 9.93. The molecule has 0 bridgehead atoms. The van der Waals surface area contributed by atoms with Gasteiger partial charge in [-0.2, -0.15) is 0 Å². The highest BCUT2D eigenvalue weighted by Gasteiger charge is 2.17. The average molecular weight is 380 g/mol. The van der Waals surface area contributed by atoms with Gasteiger partial charge in [0.2, 0.25) is 0 Å². The lowest BCUT2D eigenvalue weighted by molar-refractivity contribution is -0.118. The lowest BCUT2D eigenvalue weighted by Gasteiger charge is -2.20. The summed E-state index contributed by atoms with van der Waals surface area (Å²) in [7, 11) is 0. The Kier molecular flexibility index (Phi) is 6.69. The number of nitrogens with one attached hydrogen (secondary N) is 1. The monoisotopic (exact) mass is 380 g/mol. The summed E-state index contributed by atoms with van der Waals surface area (Å²) in [6, 6.07) is 13.0. The number of benzene rings is 2. The van der Waals surface area contributed by atoms with Crippen LogP contribution in [0.3, 0.4) is 0 Å². The Morgan fingerprint density at radius 3 is 2.29 bits per heavy atom. The second-order valence-electron chi connectivity index (χ2n) is 7.35. The first kappa shape index (κ1) is 19.9. The van der Waals surface area contributed by atoms with Gasteiger partial charge in [0.15, 0.2) is 6.61 Å². The van der Waals surface area contributed by atoms with E-state index in [1.54, 1.807) is 24.3 Å². The maximum absolute atomic E-state index is 12.8. The number of anilines is 1. The quantitative estimate of drug-likeness (QED) is 0.840. The Balaban J connectivity index is 1.60. The largest absolute Gasteiger partial charge is 0.483 e. The van der Waals surface area contributed by atoms with Crippen LogP contribution in [0, 0.1) is 13.8 Å². The van der Waals surface area contributed by atoms with Gasteiger partial charge in [-0.1, -0.05) is 37.1 Å². The topological polar surface area (TPSA) is 58.6 Å². The third-order valence-electron chi connectivity index (χ3n) is 5.04. The third kappa shape index (κ3) is 5.12. The predicted molar refractivity (Wildman–Crippen MR) is 111 cm³/mol. The molecule has 0 saturated carbocycles. The van der Waals surface area contributed by atoms with Crippen LogP contribution in [0.1, 0.15) is 47.2 Å². The molecule has 1 N–H and O–H groups in total. The van der Waals surface area contributed by atoms with Gasteiger partial charge in [0.1, 0.15) is 5.75 Å². The summed E-state index contributed by atoms with van der Waals surface area (Å²) in [6.07, 6.45) is 4.47. The first-order valence-electron chi connectivity index (χ1n) is 9.93. The minimum atomic E-state index is -0.248. The van der Waals surface area contributed by atoms with Crippen molar-refractivity contribution in [3.63, 3.8) is 0 Å². The Morgan fingerprint density at radius 1 is 0.964 bits per heavy atom. The smallest absolute Gasteiger partial charge is 0.262 e. The van der Waals surface area contributed by atoms with Crippen LogP contribution in [-0.2, 0) is 4.79 Å². The molecule has 1 aliphatic heterocycles. The first-order chi connectivity index (χ1) is 13.5. The molecule has 2 aromatic rings. The van der Waals surface area contributed by atoms with E-state index in [0.717, 1.165) is 42.8 Å². The second kappa shape index (κ2) is 9.40. The van der Waals surface area contributed by atoms with Crippen molar-refractivity contribution < 1.29 is 14.3 Å². The zero-order valence-corrected chi connectivity index (χ0v) is 16.7. The van der Waals surface area contributed by atoms with Crippen molar-refractivity contribution in [3.8, 4) is 5.75 Å². The molecule has 1 fully saturated rings. The van der Waals surface area contributed by atoms with E-state index in [1.807, 2.05) is 36.9 Å². The molecular weight excluding hydrogens is 352 g/mol. The zero-order valence-electron chi connectivity index (χ0n) is 16.7. The molecule has 1 saturated heterocycles. The minimum absolute atomic E-state index is 0.0322. The number of nitrogens with zero attached hydrogens (tertiary/aromatic N) is 1. The van der Waals surface area contributed by atoms with Gasteiger partial charge in [0, 0.05) is 24.3 Å². The van der Waals surface area contributed by atoms with Crippen LogP contribution in [-0.4, -0.2) is 36.4 Å². The number of carbonyl (C=O) groups excluding carboxylic acids is 2. The lowest BCUT2D eigenvalue weighted by atomic mass is 10.1. The normalized spacial score (nSPS) is 14.3. The highest BCUT2D eigenvalue weighted by Crippen LogP contribution is 2.22. The molecule has 2 amide bonds. The van der Waals surface area contributed by atoms with Crippen LogP contribution in [0.15, 0.2) is 42.5 Å². The molecular formula is C23H28N2O3. The van der Waals surface area contributed by atoms with Gasteiger partial charge in [-0.3, -0.25) is 9.59 Å². The Morgan fingerprint density at radius 2 is 1.61 bits per heavy atom. The molecule has 1 aliphatic rings. The highest BCUT2D eigenvalue weighted by atomic mass is 16.5. The predicted octanol–water partition coefficient (Wildman–Crippen LogP) is 4.34. The molecule has 28 heavy (non-hydrogen) atoms. The number of aryl methyl sites for hydroxylation is 2. The summed E-state index contributed by atoms with van der Waals surface area (Å²) < 4.78 is 5.70. The van der Waals surface area contributed by atoms with Gasteiger partial charge in [0.05, 0.1) is 0 Å². The summed E-state index contributed by atoms with van der Waals surface area (Å²) in [6.45, 7) is 5.45. The molecule has 0 aliphatic carbocycles. The summed E-state index contributed by atoms with van der Waals surface area (Å²) in [5.41, 5.74) is 3.21. The van der Waals surface area contributed by atoms with E-state index in [0.29, 0.717) is 11.3 Å². The van der Waals surface area contributed by atoms with Gasteiger partial charge in [0.25, 0.3) is 11.8 Å². The molecule has 5 nitrogen and oxygen atoms in total. The van der Waals surface area contributed by atoms with E-state index < -0.39 is 0 Å². The lowest BCUT2D eigenvalue weighted by Crippen LogP contribution is -2.31. The molecule has 0 atom stereocenters. The van der Waals surface area contributed by atoms with E-state index in [1.165, 1.54) is 12.8 Å². The van der Waals surface area contributed by atoms with E-state index in [9.17, 15) is 9.59 Å². The number of rotatable bonds is 5. The molecule has 1 heterocycles. The molecule has 2 aromatic carbocycles. The zero-order chi connectivity index (χ0) is 19.9. The van der Waals surface area contributed by atoms with E-state index in [4.69, 9.17) is 4.74 Å². The third-order valence-corrected chi connectivity index (χ3v) is 5.04. The summed E-state index contributed by atoms with van der Waals surface area (Å²) in [5, 5.41) is 2.83. The van der Waals surface area contributed by atoms with Gasteiger partial charge in [-0.05, 0) is 56.0 Å². The molecule has 0 aromatic heterocycles.